The number of nitrogens with one attached hydrogen (secondary N) is 1. The zero-order chi connectivity index (χ0) is 19.7. The average molecular weight is 383 g/mol. The highest BCUT2D eigenvalue weighted by Gasteiger charge is 2.30. The Kier molecular flexibility index (Phi) is 4.50. The molecule has 0 bridgehead atoms. The van der Waals surface area contributed by atoms with E-state index in [1.54, 1.807) is 17.0 Å². The Labute approximate surface area is 159 Å². The van der Waals surface area contributed by atoms with Gasteiger partial charge in [0.15, 0.2) is 0 Å². The second kappa shape index (κ2) is 6.99. The fourth-order valence-electron chi connectivity index (χ4n) is 3.22. The maximum Gasteiger partial charge on any atom is 0.416 e. The van der Waals surface area contributed by atoms with Gasteiger partial charge in [-0.05, 0) is 54.4 Å². The van der Waals surface area contributed by atoms with Crippen LogP contribution in [0.15, 0.2) is 66.9 Å². The Hall–Kier alpha value is -3.35. The van der Waals surface area contributed by atoms with Crippen LogP contribution >= 0.6 is 0 Å². The molecule has 1 amide bonds. The SMILES string of the molecule is O=C(c1cc(Nc2ccc(C(F)(F)F)cc2)ccn1)N1CCc2ccccc21. The zero-order valence-corrected chi connectivity index (χ0v) is 14.7. The van der Waals surface area contributed by atoms with Gasteiger partial charge in [-0.1, -0.05) is 18.2 Å². The molecule has 0 aliphatic carbocycles. The van der Waals surface area contributed by atoms with Crippen molar-refractivity contribution in [3.8, 4) is 0 Å². The number of fused-ring (bicyclic) bond motifs is 1. The summed E-state index contributed by atoms with van der Waals surface area (Å²) in [6.45, 7) is 0.594. The molecule has 1 aliphatic rings. The molecule has 0 saturated heterocycles. The van der Waals surface area contributed by atoms with Crippen LogP contribution in [-0.2, 0) is 12.6 Å². The van der Waals surface area contributed by atoms with Gasteiger partial charge in [-0.2, -0.15) is 13.2 Å². The molecule has 0 atom stereocenters. The van der Waals surface area contributed by atoms with Gasteiger partial charge < -0.3 is 10.2 Å². The summed E-state index contributed by atoms with van der Waals surface area (Å²) in [6, 6.07) is 15.7. The van der Waals surface area contributed by atoms with Crippen molar-refractivity contribution in [1.82, 2.24) is 4.98 Å². The van der Waals surface area contributed by atoms with Gasteiger partial charge in [0.1, 0.15) is 5.69 Å². The van der Waals surface area contributed by atoms with Crippen molar-refractivity contribution >= 4 is 23.0 Å². The second-order valence-corrected chi connectivity index (χ2v) is 6.47. The van der Waals surface area contributed by atoms with Gasteiger partial charge in [0, 0.05) is 29.8 Å². The van der Waals surface area contributed by atoms with E-state index in [1.807, 2.05) is 24.3 Å². The smallest absolute Gasteiger partial charge is 0.355 e. The maximum atomic E-state index is 12.9. The molecule has 0 unspecified atom stereocenters. The number of para-hydroxylation sites is 1. The Balaban J connectivity index is 1.53. The summed E-state index contributed by atoms with van der Waals surface area (Å²) in [4.78, 5) is 18.7. The number of rotatable bonds is 3. The molecular formula is C21H16F3N3O. The molecule has 4 nitrogen and oxygen atoms in total. The van der Waals surface area contributed by atoms with E-state index >= 15 is 0 Å². The van der Waals surface area contributed by atoms with Gasteiger partial charge in [0.05, 0.1) is 5.56 Å². The van der Waals surface area contributed by atoms with Crippen LogP contribution in [0, 0.1) is 0 Å². The Bertz CT molecular complexity index is 1020. The number of anilines is 3. The van der Waals surface area contributed by atoms with Crippen molar-refractivity contribution in [2.24, 2.45) is 0 Å². The molecule has 4 rings (SSSR count). The summed E-state index contributed by atoms with van der Waals surface area (Å²) in [5, 5.41) is 3.01. The van der Waals surface area contributed by atoms with Gasteiger partial charge >= 0.3 is 6.18 Å². The minimum absolute atomic E-state index is 0.207. The molecule has 0 saturated carbocycles. The molecule has 2 heterocycles. The lowest BCUT2D eigenvalue weighted by molar-refractivity contribution is -0.137. The molecule has 1 aliphatic heterocycles. The predicted octanol–water partition coefficient (Wildman–Crippen LogP) is 5.05. The van der Waals surface area contributed by atoms with Crippen molar-refractivity contribution < 1.29 is 18.0 Å². The summed E-state index contributed by atoms with van der Waals surface area (Å²) in [7, 11) is 0. The lowest BCUT2D eigenvalue weighted by Gasteiger charge is -2.17. The average Bonchev–Trinajstić information content (AvgIpc) is 3.11. The first-order valence-electron chi connectivity index (χ1n) is 8.72. The number of amides is 1. The molecule has 0 fully saturated rings. The third kappa shape index (κ3) is 3.55. The van der Waals surface area contributed by atoms with E-state index in [9.17, 15) is 18.0 Å². The predicted molar refractivity (Wildman–Crippen MR) is 101 cm³/mol. The molecular weight excluding hydrogens is 367 g/mol. The summed E-state index contributed by atoms with van der Waals surface area (Å²) >= 11 is 0. The van der Waals surface area contributed by atoms with Gasteiger partial charge in [0.25, 0.3) is 5.91 Å². The quantitative estimate of drug-likeness (QED) is 0.689. The third-order valence-corrected chi connectivity index (χ3v) is 4.61. The van der Waals surface area contributed by atoms with Crippen LogP contribution in [0.1, 0.15) is 21.6 Å². The number of aromatic nitrogens is 1. The molecule has 1 N–H and O–H groups in total. The number of nitrogens with zero attached hydrogens (tertiary/aromatic N) is 2. The number of pyridine rings is 1. The minimum atomic E-state index is -4.37. The van der Waals surface area contributed by atoms with E-state index in [-0.39, 0.29) is 11.6 Å². The fourth-order valence-corrected chi connectivity index (χ4v) is 3.22. The monoisotopic (exact) mass is 383 g/mol. The maximum absolute atomic E-state index is 12.9. The Morgan fingerprint density at radius 3 is 2.50 bits per heavy atom. The van der Waals surface area contributed by atoms with Gasteiger partial charge in [-0.3, -0.25) is 9.78 Å². The largest absolute Gasteiger partial charge is 0.416 e. The Morgan fingerprint density at radius 1 is 1.00 bits per heavy atom. The normalized spacial score (nSPS) is 13.3. The summed E-state index contributed by atoms with van der Waals surface area (Å²) in [5.41, 5.74) is 2.63. The highest BCUT2D eigenvalue weighted by Crippen LogP contribution is 2.31. The topological polar surface area (TPSA) is 45.2 Å². The first-order chi connectivity index (χ1) is 13.4. The van der Waals surface area contributed by atoms with Crippen LogP contribution in [-0.4, -0.2) is 17.4 Å². The second-order valence-electron chi connectivity index (χ2n) is 6.47. The summed E-state index contributed by atoms with van der Waals surface area (Å²) in [6.07, 6.45) is -2.08. The van der Waals surface area contributed by atoms with E-state index in [2.05, 4.69) is 10.3 Å². The first-order valence-corrected chi connectivity index (χ1v) is 8.72. The molecule has 0 radical (unpaired) electrons. The van der Waals surface area contributed by atoms with Crippen LogP contribution in [0.25, 0.3) is 0 Å². The number of hydrogen-bond donors (Lipinski definition) is 1. The van der Waals surface area contributed by atoms with Crippen molar-refractivity contribution in [2.75, 3.05) is 16.8 Å². The molecule has 3 aromatic rings. The first kappa shape index (κ1) is 18.0. The zero-order valence-electron chi connectivity index (χ0n) is 14.7. The van der Waals surface area contributed by atoms with Crippen molar-refractivity contribution in [3.05, 3.63) is 83.7 Å². The highest BCUT2D eigenvalue weighted by atomic mass is 19.4. The van der Waals surface area contributed by atoms with Crippen LogP contribution in [0.5, 0.6) is 0 Å². The van der Waals surface area contributed by atoms with E-state index in [4.69, 9.17) is 0 Å². The van der Waals surface area contributed by atoms with E-state index in [1.165, 1.54) is 18.3 Å². The summed E-state index contributed by atoms with van der Waals surface area (Å²) < 4.78 is 38.0. The molecule has 7 heteroatoms. The lowest BCUT2D eigenvalue weighted by Crippen LogP contribution is -2.29. The number of alkyl halides is 3. The minimum Gasteiger partial charge on any atom is -0.355 e. The van der Waals surface area contributed by atoms with Crippen LogP contribution in [0.3, 0.4) is 0 Å². The van der Waals surface area contributed by atoms with E-state index < -0.39 is 11.7 Å². The van der Waals surface area contributed by atoms with Crippen LogP contribution in [0.2, 0.25) is 0 Å². The van der Waals surface area contributed by atoms with Crippen molar-refractivity contribution in [2.45, 2.75) is 12.6 Å². The van der Waals surface area contributed by atoms with E-state index in [0.717, 1.165) is 29.8 Å². The number of hydrogen-bond acceptors (Lipinski definition) is 3. The standard InChI is InChI=1S/C21H16F3N3O/c22-21(23,24)15-5-7-16(8-6-15)26-17-9-11-25-18(13-17)20(28)27-12-10-14-3-1-2-4-19(14)27/h1-9,11,13H,10,12H2,(H,25,26). The van der Waals surface area contributed by atoms with Gasteiger partial charge in [0.2, 0.25) is 0 Å². The van der Waals surface area contributed by atoms with E-state index in [0.29, 0.717) is 17.9 Å². The van der Waals surface area contributed by atoms with Crippen LogP contribution in [0.4, 0.5) is 30.2 Å². The molecule has 0 spiro atoms. The molecule has 1 aromatic heterocycles. The number of carbonyl (C=O) groups is 1. The number of halogens is 3. The van der Waals surface area contributed by atoms with Gasteiger partial charge in [-0.15, -0.1) is 0 Å². The highest BCUT2D eigenvalue weighted by molar-refractivity contribution is 6.06. The third-order valence-electron chi connectivity index (χ3n) is 4.61. The number of carbonyl (C=O) groups excluding carboxylic acids is 1. The molecule has 142 valence electrons. The Morgan fingerprint density at radius 2 is 1.75 bits per heavy atom. The lowest BCUT2D eigenvalue weighted by atomic mass is 10.2. The molecule has 28 heavy (non-hydrogen) atoms. The fraction of sp³-hybridized carbons (Fsp3) is 0.143. The number of benzene rings is 2. The molecule has 2 aromatic carbocycles. The van der Waals surface area contributed by atoms with Crippen LogP contribution < -0.4 is 10.2 Å². The van der Waals surface area contributed by atoms with Crippen molar-refractivity contribution in [1.29, 1.82) is 0 Å². The van der Waals surface area contributed by atoms with Gasteiger partial charge in [-0.25, -0.2) is 0 Å². The van der Waals surface area contributed by atoms with Crippen molar-refractivity contribution in [3.63, 3.8) is 0 Å². The summed E-state index contributed by atoms with van der Waals surface area (Å²) in [5.74, 6) is -0.207.